The molecule has 0 spiro atoms. The first kappa shape index (κ1) is 12.9. The number of ether oxygens (including phenoxy) is 1. The molecular weight excluding hydrogens is 244 g/mol. The van der Waals surface area contributed by atoms with Gasteiger partial charge in [0.15, 0.2) is 5.82 Å². The van der Waals surface area contributed by atoms with Crippen LogP contribution in [-0.2, 0) is 6.42 Å². The van der Waals surface area contributed by atoms with Crippen molar-refractivity contribution in [1.82, 2.24) is 9.97 Å². The van der Waals surface area contributed by atoms with E-state index in [9.17, 15) is 4.79 Å². The van der Waals surface area contributed by atoms with E-state index in [1.165, 1.54) is 6.33 Å². The number of nitrogens with two attached hydrogens (primary N) is 1. The third-order valence-corrected chi connectivity index (χ3v) is 2.73. The van der Waals surface area contributed by atoms with E-state index in [1.807, 2.05) is 24.3 Å². The standard InChI is InChI=1S/C13H16N4O2/c1-19-10-4-2-3-9(7-10)5-6-15-12-11(14)13(18)17-8-16-12/h2-4,7-8H,5-6,14H2,1H3,(H2,15,16,17,18). The fourth-order valence-electron chi connectivity index (χ4n) is 1.70. The molecule has 0 bridgehead atoms. The Labute approximate surface area is 110 Å². The zero-order valence-corrected chi connectivity index (χ0v) is 10.6. The molecule has 100 valence electrons. The quantitative estimate of drug-likeness (QED) is 0.746. The summed E-state index contributed by atoms with van der Waals surface area (Å²) in [6.45, 7) is 0.633. The molecule has 0 radical (unpaired) electrons. The molecular formula is C13H16N4O2. The molecule has 1 aromatic carbocycles. The van der Waals surface area contributed by atoms with Gasteiger partial charge in [0.05, 0.1) is 13.4 Å². The monoisotopic (exact) mass is 260 g/mol. The Morgan fingerprint density at radius 3 is 3.11 bits per heavy atom. The number of rotatable bonds is 5. The van der Waals surface area contributed by atoms with Crippen molar-refractivity contribution in [2.45, 2.75) is 6.42 Å². The van der Waals surface area contributed by atoms with Crippen LogP contribution in [0, 0.1) is 0 Å². The highest BCUT2D eigenvalue weighted by Crippen LogP contribution is 2.13. The van der Waals surface area contributed by atoms with Gasteiger partial charge >= 0.3 is 0 Å². The molecule has 19 heavy (non-hydrogen) atoms. The van der Waals surface area contributed by atoms with Crippen molar-refractivity contribution in [3.63, 3.8) is 0 Å². The molecule has 2 rings (SSSR count). The van der Waals surface area contributed by atoms with E-state index in [-0.39, 0.29) is 11.2 Å². The first-order chi connectivity index (χ1) is 9.20. The molecule has 2 aromatic rings. The molecule has 0 fully saturated rings. The molecule has 0 saturated heterocycles. The van der Waals surface area contributed by atoms with Gasteiger partial charge in [0.1, 0.15) is 11.4 Å². The molecule has 0 aliphatic carbocycles. The van der Waals surface area contributed by atoms with Gasteiger partial charge in [0, 0.05) is 6.54 Å². The zero-order valence-electron chi connectivity index (χ0n) is 10.6. The normalized spacial score (nSPS) is 10.2. The lowest BCUT2D eigenvalue weighted by atomic mass is 10.1. The van der Waals surface area contributed by atoms with Crippen molar-refractivity contribution in [1.29, 1.82) is 0 Å². The summed E-state index contributed by atoms with van der Waals surface area (Å²) in [7, 11) is 1.64. The lowest BCUT2D eigenvalue weighted by Crippen LogP contribution is -2.17. The second-order valence-electron chi connectivity index (χ2n) is 4.02. The second kappa shape index (κ2) is 5.90. The van der Waals surface area contributed by atoms with Gasteiger partial charge in [0.2, 0.25) is 0 Å². The van der Waals surface area contributed by atoms with Gasteiger partial charge in [0.25, 0.3) is 5.56 Å². The number of nitrogen functional groups attached to an aromatic ring is 1. The minimum absolute atomic E-state index is 0.105. The molecule has 1 heterocycles. The summed E-state index contributed by atoms with van der Waals surface area (Å²) in [6.07, 6.45) is 2.11. The highest BCUT2D eigenvalue weighted by atomic mass is 16.5. The maximum atomic E-state index is 11.3. The maximum absolute atomic E-state index is 11.3. The molecule has 0 aliphatic heterocycles. The largest absolute Gasteiger partial charge is 0.497 e. The summed E-state index contributed by atoms with van der Waals surface area (Å²) < 4.78 is 5.16. The van der Waals surface area contributed by atoms with Crippen molar-refractivity contribution in [3.8, 4) is 5.75 Å². The number of anilines is 2. The van der Waals surface area contributed by atoms with Gasteiger partial charge in [-0.25, -0.2) is 4.98 Å². The van der Waals surface area contributed by atoms with Gasteiger partial charge in [-0.2, -0.15) is 0 Å². The van der Waals surface area contributed by atoms with Crippen molar-refractivity contribution >= 4 is 11.5 Å². The highest BCUT2D eigenvalue weighted by Gasteiger charge is 2.03. The Morgan fingerprint density at radius 2 is 2.32 bits per heavy atom. The van der Waals surface area contributed by atoms with Crippen LogP contribution >= 0.6 is 0 Å². The van der Waals surface area contributed by atoms with Gasteiger partial charge in [-0.15, -0.1) is 0 Å². The summed E-state index contributed by atoms with van der Waals surface area (Å²) in [5.41, 5.74) is 6.52. The van der Waals surface area contributed by atoms with Crippen LogP contribution in [0.25, 0.3) is 0 Å². The van der Waals surface area contributed by atoms with Crippen molar-refractivity contribution in [2.24, 2.45) is 0 Å². The van der Waals surface area contributed by atoms with Crippen LogP contribution < -0.4 is 21.3 Å². The van der Waals surface area contributed by atoms with E-state index in [0.717, 1.165) is 17.7 Å². The summed E-state index contributed by atoms with van der Waals surface area (Å²) in [5.74, 6) is 1.23. The fraction of sp³-hybridized carbons (Fsp3) is 0.231. The number of aromatic nitrogens is 2. The molecule has 0 saturated carbocycles. The fourth-order valence-corrected chi connectivity index (χ4v) is 1.70. The third kappa shape index (κ3) is 3.25. The number of H-pyrrole nitrogens is 1. The summed E-state index contributed by atoms with van der Waals surface area (Å²) in [6, 6.07) is 7.82. The summed E-state index contributed by atoms with van der Waals surface area (Å²) >= 11 is 0. The van der Waals surface area contributed by atoms with Crippen LogP contribution in [0.4, 0.5) is 11.5 Å². The maximum Gasteiger partial charge on any atom is 0.276 e. The van der Waals surface area contributed by atoms with Gasteiger partial charge < -0.3 is 20.8 Å². The molecule has 6 heteroatoms. The number of hydrogen-bond acceptors (Lipinski definition) is 5. The Morgan fingerprint density at radius 1 is 1.47 bits per heavy atom. The van der Waals surface area contributed by atoms with E-state index in [4.69, 9.17) is 10.5 Å². The average Bonchev–Trinajstić information content (AvgIpc) is 2.44. The molecule has 0 aliphatic rings. The lowest BCUT2D eigenvalue weighted by molar-refractivity contribution is 0.414. The Hall–Kier alpha value is -2.50. The van der Waals surface area contributed by atoms with Crippen LogP contribution in [0.5, 0.6) is 5.75 Å². The topological polar surface area (TPSA) is 93.0 Å². The minimum atomic E-state index is -0.334. The molecule has 6 nitrogen and oxygen atoms in total. The van der Waals surface area contributed by atoms with Crippen LogP contribution in [0.3, 0.4) is 0 Å². The number of nitrogens with one attached hydrogen (secondary N) is 2. The van der Waals surface area contributed by atoms with E-state index < -0.39 is 0 Å². The van der Waals surface area contributed by atoms with Gasteiger partial charge in [-0.3, -0.25) is 4.79 Å². The van der Waals surface area contributed by atoms with Crippen molar-refractivity contribution < 1.29 is 4.74 Å². The highest BCUT2D eigenvalue weighted by molar-refractivity contribution is 5.58. The number of benzene rings is 1. The predicted molar refractivity (Wildman–Crippen MR) is 74.5 cm³/mol. The summed E-state index contributed by atoms with van der Waals surface area (Å²) in [5, 5.41) is 3.04. The molecule has 0 unspecified atom stereocenters. The van der Waals surface area contributed by atoms with Crippen LogP contribution in [0.1, 0.15) is 5.56 Å². The third-order valence-electron chi connectivity index (χ3n) is 2.73. The Kier molecular flexibility index (Phi) is 4.02. The van der Waals surface area contributed by atoms with Crippen molar-refractivity contribution in [3.05, 3.63) is 46.5 Å². The first-order valence-electron chi connectivity index (χ1n) is 5.90. The average molecular weight is 260 g/mol. The van der Waals surface area contributed by atoms with E-state index in [2.05, 4.69) is 15.3 Å². The number of nitrogens with zero attached hydrogens (tertiary/aromatic N) is 1. The van der Waals surface area contributed by atoms with Crippen LogP contribution in [0.2, 0.25) is 0 Å². The van der Waals surface area contributed by atoms with E-state index >= 15 is 0 Å². The Bertz CT molecular complexity index is 610. The van der Waals surface area contributed by atoms with Gasteiger partial charge in [-0.1, -0.05) is 12.1 Å². The molecule has 0 atom stereocenters. The SMILES string of the molecule is COc1cccc(CCNc2nc[nH]c(=O)c2N)c1. The smallest absolute Gasteiger partial charge is 0.276 e. The van der Waals surface area contributed by atoms with Gasteiger partial charge in [-0.05, 0) is 24.1 Å². The lowest BCUT2D eigenvalue weighted by Gasteiger charge is -2.08. The first-order valence-corrected chi connectivity index (χ1v) is 5.90. The second-order valence-corrected chi connectivity index (χ2v) is 4.02. The van der Waals surface area contributed by atoms with E-state index in [0.29, 0.717) is 12.4 Å². The Balaban J connectivity index is 1.96. The van der Waals surface area contributed by atoms with Crippen LogP contribution in [-0.4, -0.2) is 23.6 Å². The summed E-state index contributed by atoms with van der Waals surface area (Å²) in [4.78, 5) is 17.7. The molecule has 0 amide bonds. The molecule has 1 aromatic heterocycles. The zero-order chi connectivity index (χ0) is 13.7. The van der Waals surface area contributed by atoms with E-state index in [1.54, 1.807) is 7.11 Å². The minimum Gasteiger partial charge on any atom is -0.497 e. The number of methoxy groups -OCH3 is 1. The number of hydrogen-bond donors (Lipinski definition) is 3. The predicted octanol–water partition coefficient (Wildman–Crippen LogP) is 1.02. The number of aromatic amines is 1. The molecule has 4 N–H and O–H groups in total. The van der Waals surface area contributed by atoms with Crippen LogP contribution in [0.15, 0.2) is 35.4 Å². The van der Waals surface area contributed by atoms with Crippen molar-refractivity contribution in [2.75, 3.05) is 24.7 Å².